The van der Waals surface area contributed by atoms with Crippen molar-refractivity contribution in [3.05, 3.63) is 53.0 Å². The third-order valence-electron chi connectivity index (χ3n) is 1.94. The van der Waals surface area contributed by atoms with E-state index in [0.717, 1.165) is 4.47 Å². The molecule has 0 bridgehead atoms. The number of nitrogens with one attached hydrogen (secondary N) is 1. The summed E-state index contributed by atoms with van der Waals surface area (Å²) in [7, 11) is -1.43. The van der Waals surface area contributed by atoms with Crippen LogP contribution in [0.25, 0.3) is 0 Å². The fourth-order valence-electron chi connectivity index (χ4n) is 1.19. The van der Waals surface area contributed by atoms with Crippen LogP contribution >= 0.6 is 15.9 Å². The molecule has 0 aliphatic rings. The summed E-state index contributed by atoms with van der Waals surface area (Å²) in [4.78, 5) is 4.45. The van der Waals surface area contributed by atoms with Crippen molar-refractivity contribution in [2.24, 2.45) is 0 Å². The number of hydrogen-bond donors (Lipinski definition) is 1. The molecule has 1 unspecified atom stereocenters. The van der Waals surface area contributed by atoms with E-state index in [1.807, 2.05) is 0 Å². The molecular weight excluding hydrogens is 307 g/mol. The lowest BCUT2D eigenvalue weighted by atomic mass is 10.4. The molecule has 3 nitrogen and oxygen atoms in total. The Kier molecular flexibility index (Phi) is 3.86. The highest BCUT2D eigenvalue weighted by Crippen LogP contribution is 2.16. The number of halogens is 2. The molecule has 0 aliphatic heterocycles. The number of pyridine rings is 1. The Balaban J connectivity index is 2.14. The molecule has 1 N–H and O–H groups in total. The maximum atomic E-state index is 12.7. The molecule has 0 saturated heterocycles. The number of rotatable bonds is 3. The van der Waals surface area contributed by atoms with Gasteiger partial charge in [0.05, 0.1) is 16.8 Å². The van der Waals surface area contributed by atoms with Crippen molar-refractivity contribution in [2.45, 2.75) is 4.90 Å². The average molecular weight is 315 g/mol. The Bertz CT molecular complexity index is 547. The minimum atomic E-state index is -1.43. The van der Waals surface area contributed by atoms with Gasteiger partial charge >= 0.3 is 0 Å². The lowest BCUT2D eigenvalue weighted by Gasteiger charge is -2.05. The van der Waals surface area contributed by atoms with Crippen molar-refractivity contribution >= 4 is 32.6 Å². The van der Waals surface area contributed by atoms with Gasteiger partial charge in [0.2, 0.25) is 0 Å². The Labute approximate surface area is 109 Å². The van der Waals surface area contributed by atoms with Gasteiger partial charge in [0, 0.05) is 10.7 Å². The molecule has 0 saturated carbocycles. The van der Waals surface area contributed by atoms with Gasteiger partial charge in [-0.1, -0.05) is 0 Å². The van der Waals surface area contributed by atoms with E-state index < -0.39 is 11.0 Å². The van der Waals surface area contributed by atoms with E-state index in [1.54, 1.807) is 18.5 Å². The SMILES string of the molecule is O=S(Nc1cncc(Br)c1)c1ccc(F)cc1. The number of benzene rings is 1. The first kappa shape index (κ1) is 12.2. The van der Waals surface area contributed by atoms with E-state index in [4.69, 9.17) is 0 Å². The zero-order chi connectivity index (χ0) is 12.3. The van der Waals surface area contributed by atoms with Crippen LogP contribution in [0.5, 0.6) is 0 Å². The van der Waals surface area contributed by atoms with E-state index in [2.05, 4.69) is 25.6 Å². The van der Waals surface area contributed by atoms with Gasteiger partial charge < -0.3 is 0 Å². The Morgan fingerprint density at radius 2 is 1.94 bits per heavy atom. The molecule has 6 heteroatoms. The van der Waals surface area contributed by atoms with Gasteiger partial charge in [-0.3, -0.25) is 9.71 Å². The van der Waals surface area contributed by atoms with Gasteiger partial charge in [0.1, 0.15) is 16.8 Å². The number of aromatic nitrogens is 1. The molecule has 0 aliphatic carbocycles. The minimum absolute atomic E-state index is 0.352. The second kappa shape index (κ2) is 5.37. The highest BCUT2D eigenvalue weighted by Gasteiger charge is 2.04. The fourth-order valence-corrected chi connectivity index (χ4v) is 2.38. The van der Waals surface area contributed by atoms with E-state index in [1.165, 1.54) is 24.3 Å². The molecule has 17 heavy (non-hydrogen) atoms. The molecule has 0 fully saturated rings. The monoisotopic (exact) mass is 314 g/mol. The van der Waals surface area contributed by atoms with Crippen LogP contribution in [0.15, 0.2) is 52.1 Å². The molecule has 0 radical (unpaired) electrons. The largest absolute Gasteiger partial charge is 0.300 e. The van der Waals surface area contributed by atoms with E-state index in [0.29, 0.717) is 10.6 Å². The van der Waals surface area contributed by atoms with Gasteiger partial charge in [0.25, 0.3) is 0 Å². The number of hydrogen-bond acceptors (Lipinski definition) is 2. The van der Waals surface area contributed by atoms with E-state index in [-0.39, 0.29) is 5.82 Å². The molecule has 1 aromatic heterocycles. The smallest absolute Gasteiger partial charge is 0.150 e. The van der Waals surface area contributed by atoms with Crippen molar-refractivity contribution in [1.29, 1.82) is 0 Å². The van der Waals surface area contributed by atoms with Crippen molar-refractivity contribution < 1.29 is 8.60 Å². The van der Waals surface area contributed by atoms with Crippen LogP contribution in [0.2, 0.25) is 0 Å². The summed E-state index contributed by atoms with van der Waals surface area (Å²) in [5, 5.41) is 0. The van der Waals surface area contributed by atoms with Gasteiger partial charge in [-0.25, -0.2) is 8.60 Å². The van der Waals surface area contributed by atoms with Crippen LogP contribution in [0.3, 0.4) is 0 Å². The van der Waals surface area contributed by atoms with Gasteiger partial charge in [-0.15, -0.1) is 0 Å². The van der Waals surface area contributed by atoms with Gasteiger partial charge in [0.15, 0.2) is 0 Å². The summed E-state index contributed by atoms with van der Waals surface area (Å²) >= 11 is 3.27. The topological polar surface area (TPSA) is 42.0 Å². The molecular formula is C11H8BrFN2OS. The fraction of sp³-hybridized carbons (Fsp3) is 0. The number of anilines is 1. The summed E-state index contributed by atoms with van der Waals surface area (Å²) in [5.74, 6) is -0.352. The Hall–Kier alpha value is -1.27. The highest BCUT2D eigenvalue weighted by molar-refractivity contribution is 9.10. The molecule has 1 atom stereocenters. The lowest BCUT2D eigenvalue weighted by molar-refractivity contribution is 0.626. The van der Waals surface area contributed by atoms with Crippen molar-refractivity contribution in [3.8, 4) is 0 Å². The van der Waals surface area contributed by atoms with Crippen LogP contribution in [0.1, 0.15) is 0 Å². The molecule has 88 valence electrons. The summed E-state index contributed by atoms with van der Waals surface area (Å²) < 4.78 is 28.1. The first-order valence-corrected chi connectivity index (χ1v) is 6.64. The van der Waals surface area contributed by atoms with Crippen LogP contribution in [0.4, 0.5) is 10.1 Å². The zero-order valence-corrected chi connectivity index (χ0v) is 11.0. The van der Waals surface area contributed by atoms with E-state index >= 15 is 0 Å². The Morgan fingerprint density at radius 1 is 1.24 bits per heavy atom. The molecule has 0 amide bonds. The van der Waals surface area contributed by atoms with Crippen LogP contribution in [-0.2, 0) is 11.0 Å². The first-order chi connectivity index (χ1) is 8.15. The standard InChI is InChI=1S/C11H8BrFN2OS/c12-8-5-10(7-14-6-8)15-17(16)11-3-1-9(13)2-4-11/h1-7,15H. The van der Waals surface area contributed by atoms with Crippen LogP contribution < -0.4 is 4.72 Å². The first-order valence-electron chi connectivity index (χ1n) is 4.70. The lowest BCUT2D eigenvalue weighted by Crippen LogP contribution is -2.04. The number of nitrogens with zero attached hydrogens (tertiary/aromatic N) is 1. The van der Waals surface area contributed by atoms with Crippen molar-refractivity contribution in [2.75, 3.05) is 4.72 Å². The summed E-state index contributed by atoms with van der Waals surface area (Å²) in [6.07, 6.45) is 3.19. The predicted molar refractivity (Wildman–Crippen MR) is 68.4 cm³/mol. The second-order valence-electron chi connectivity index (χ2n) is 3.22. The summed E-state index contributed by atoms with van der Waals surface area (Å²) in [5.41, 5.74) is 0.627. The summed E-state index contributed by atoms with van der Waals surface area (Å²) in [6.45, 7) is 0. The minimum Gasteiger partial charge on any atom is -0.300 e. The maximum Gasteiger partial charge on any atom is 0.150 e. The normalized spacial score (nSPS) is 12.1. The van der Waals surface area contributed by atoms with Crippen molar-refractivity contribution in [3.63, 3.8) is 0 Å². The van der Waals surface area contributed by atoms with Crippen molar-refractivity contribution in [1.82, 2.24) is 4.98 Å². The zero-order valence-electron chi connectivity index (χ0n) is 8.56. The van der Waals surface area contributed by atoms with Gasteiger partial charge in [-0.2, -0.15) is 0 Å². The van der Waals surface area contributed by atoms with Crippen LogP contribution in [0, 0.1) is 5.82 Å². The third kappa shape index (κ3) is 3.34. The summed E-state index contributed by atoms with van der Waals surface area (Å²) in [6, 6.07) is 7.25. The quantitative estimate of drug-likeness (QED) is 0.945. The van der Waals surface area contributed by atoms with Crippen LogP contribution in [-0.4, -0.2) is 9.19 Å². The van der Waals surface area contributed by atoms with E-state index in [9.17, 15) is 8.60 Å². The molecule has 2 aromatic rings. The molecule has 0 spiro atoms. The van der Waals surface area contributed by atoms with Gasteiger partial charge in [-0.05, 0) is 46.3 Å². The third-order valence-corrected chi connectivity index (χ3v) is 3.50. The average Bonchev–Trinajstić information content (AvgIpc) is 2.29. The second-order valence-corrected chi connectivity index (χ2v) is 5.35. The maximum absolute atomic E-state index is 12.7. The predicted octanol–water partition coefficient (Wildman–Crippen LogP) is 3.12. The molecule has 2 rings (SSSR count). The Morgan fingerprint density at radius 3 is 2.59 bits per heavy atom. The molecule has 1 aromatic carbocycles. The highest BCUT2D eigenvalue weighted by atomic mass is 79.9. The molecule has 1 heterocycles.